The molecule has 1 atom stereocenters. The summed E-state index contributed by atoms with van der Waals surface area (Å²) in [5.74, 6) is 0. The van der Waals surface area contributed by atoms with Gasteiger partial charge in [-0.05, 0) is 20.8 Å². The second-order valence-electron chi connectivity index (χ2n) is 4.27. The van der Waals surface area contributed by atoms with Crippen molar-refractivity contribution in [3.8, 4) is 0 Å². The molecule has 1 heterocycles. The largest absolute Gasteiger partial charge is 0.446 e. The zero-order valence-corrected chi connectivity index (χ0v) is 11.1. The third-order valence-corrected chi connectivity index (χ3v) is 3.66. The number of hydrogen-bond acceptors (Lipinski definition) is 5. The Balaban J connectivity index is 2.58. The van der Waals surface area contributed by atoms with Crippen LogP contribution in [0.15, 0.2) is 0 Å². The van der Waals surface area contributed by atoms with Crippen LogP contribution in [0.3, 0.4) is 0 Å². The highest BCUT2D eigenvalue weighted by Crippen LogP contribution is 2.04. The monoisotopic (exact) mass is 265 g/mol. The predicted molar refractivity (Wildman–Crippen MR) is 62.7 cm³/mol. The van der Waals surface area contributed by atoms with Crippen LogP contribution in [0.5, 0.6) is 0 Å². The van der Waals surface area contributed by atoms with E-state index in [2.05, 4.69) is 5.32 Å². The summed E-state index contributed by atoms with van der Waals surface area (Å²) < 4.78 is 31.5. The van der Waals surface area contributed by atoms with Gasteiger partial charge >= 0.3 is 16.3 Å². The van der Waals surface area contributed by atoms with Crippen LogP contribution in [0.2, 0.25) is 0 Å². The van der Waals surface area contributed by atoms with Gasteiger partial charge in [0.2, 0.25) is 0 Å². The number of hydrogen-bond donors (Lipinski definition) is 2. The first-order valence-corrected chi connectivity index (χ1v) is 6.97. The van der Waals surface area contributed by atoms with Gasteiger partial charge in [-0.2, -0.15) is 12.7 Å². The second kappa shape index (κ2) is 5.65. The molecule has 1 aliphatic heterocycles. The molecule has 0 spiro atoms. The van der Waals surface area contributed by atoms with E-state index in [9.17, 15) is 13.2 Å². The highest BCUT2D eigenvalue weighted by atomic mass is 32.2. The Bertz CT molecular complexity index is 368. The SMILES string of the molecule is CC1CN(S(=O)(=O)NC(=O)OC(C)C)CCN1. The first-order chi connectivity index (χ1) is 7.81. The molecule has 100 valence electrons. The number of carbonyl (C=O) groups excluding carboxylic acids is 1. The molecule has 1 rings (SSSR count). The summed E-state index contributed by atoms with van der Waals surface area (Å²) in [7, 11) is -3.79. The van der Waals surface area contributed by atoms with Crippen LogP contribution in [0.4, 0.5) is 4.79 Å². The molecule has 1 amide bonds. The molecule has 1 aliphatic rings. The Labute approximate surface area is 102 Å². The molecule has 0 aromatic rings. The van der Waals surface area contributed by atoms with Crippen molar-refractivity contribution in [2.75, 3.05) is 19.6 Å². The summed E-state index contributed by atoms with van der Waals surface area (Å²) in [6.07, 6.45) is -1.29. The van der Waals surface area contributed by atoms with Crippen LogP contribution in [-0.2, 0) is 14.9 Å². The Kier molecular flexibility index (Phi) is 4.72. The van der Waals surface area contributed by atoms with Crippen molar-refractivity contribution in [3.05, 3.63) is 0 Å². The quantitative estimate of drug-likeness (QED) is 0.729. The van der Waals surface area contributed by atoms with E-state index >= 15 is 0 Å². The molecule has 1 fully saturated rings. The van der Waals surface area contributed by atoms with Gasteiger partial charge in [0, 0.05) is 25.7 Å². The molecule has 0 bridgehead atoms. The molecule has 0 aromatic heterocycles. The lowest BCUT2D eigenvalue weighted by molar-refractivity contribution is 0.120. The summed E-state index contributed by atoms with van der Waals surface area (Å²) in [5, 5.41) is 3.12. The second-order valence-corrected chi connectivity index (χ2v) is 5.95. The van der Waals surface area contributed by atoms with Crippen molar-refractivity contribution in [2.24, 2.45) is 0 Å². The third-order valence-electron chi connectivity index (χ3n) is 2.23. The number of rotatable bonds is 3. The Hall–Kier alpha value is -0.860. The highest BCUT2D eigenvalue weighted by molar-refractivity contribution is 7.87. The van der Waals surface area contributed by atoms with Crippen molar-refractivity contribution >= 4 is 16.3 Å². The molecule has 1 saturated heterocycles. The number of amides is 1. The van der Waals surface area contributed by atoms with Gasteiger partial charge in [-0.3, -0.25) is 0 Å². The van der Waals surface area contributed by atoms with Crippen molar-refractivity contribution in [3.63, 3.8) is 0 Å². The van der Waals surface area contributed by atoms with Gasteiger partial charge in [0.15, 0.2) is 0 Å². The van der Waals surface area contributed by atoms with E-state index in [1.54, 1.807) is 13.8 Å². The Morgan fingerprint density at radius 3 is 2.71 bits per heavy atom. The van der Waals surface area contributed by atoms with Gasteiger partial charge in [-0.15, -0.1) is 0 Å². The standard InChI is InChI=1S/C9H19N3O4S/c1-7(2)16-9(13)11-17(14,15)12-5-4-10-8(3)6-12/h7-8,10H,4-6H2,1-3H3,(H,11,13). The van der Waals surface area contributed by atoms with Crippen LogP contribution in [0.1, 0.15) is 20.8 Å². The first-order valence-electron chi connectivity index (χ1n) is 5.53. The number of carbonyl (C=O) groups is 1. The summed E-state index contributed by atoms with van der Waals surface area (Å²) in [5.41, 5.74) is 0. The van der Waals surface area contributed by atoms with Crippen molar-refractivity contribution < 1.29 is 17.9 Å². The van der Waals surface area contributed by atoms with Crippen LogP contribution < -0.4 is 10.0 Å². The molecular formula is C9H19N3O4S. The molecule has 8 heteroatoms. The van der Waals surface area contributed by atoms with E-state index in [0.717, 1.165) is 0 Å². The lowest BCUT2D eigenvalue weighted by Gasteiger charge is -2.30. The van der Waals surface area contributed by atoms with E-state index in [0.29, 0.717) is 19.6 Å². The summed E-state index contributed by atoms with van der Waals surface area (Å²) in [4.78, 5) is 11.2. The normalized spacial score (nSPS) is 22.5. The van der Waals surface area contributed by atoms with E-state index in [4.69, 9.17) is 4.74 Å². The van der Waals surface area contributed by atoms with Gasteiger partial charge in [0.05, 0.1) is 6.10 Å². The van der Waals surface area contributed by atoms with Crippen LogP contribution in [-0.4, -0.2) is 50.6 Å². The zero-order chi connectivity index (χ0) is 13.1. The van der Waals surface area contributed by atoms with Crippen molar-refractivity contribution in [2.45, 2.75) is 32.9 Å². The van der Waals surface area contributed by atoms with Gasteiger partial charge in [-0.25, -0.2) is 9.52 Å². The first kappa shape index (κ1) is 14.2. The molecule has 1 unspecified atom stereocenters. The number of ether oxygens (including phenoxy) is 1. The minimum Gasteiger partial charge on any atom is -0.446 e. The van der Waals surface area contributed by atoms with E-state index in [-0.39, 0.29) is 12.1 Å². The molecule has 7 nitrogen and oxygen atoms in total. The lowest BCUT2D eigenvalue weighted by atomic mass is 10.3. The van der Waals surface area contributed by atoms with Crippen LogP contribution >= 0.6 is 0 Å². The topological polar surface area (TPSA) is 87.7 Å². The van der Waals surface area contributed by atoms with E-state index in [1.807, 2.05) is 11.6 Å². The average Bonchev–Trinajstić information content (AvgIpc) is 2.15. The van der Waals surface area contributed by atoms with Crippen LogP contribution in [0.25, 0.3) is 0 Å². The van der Waals surface area contributed by atoms with Gasteiger partial charge in [0.1, 0.15) is 0 Å². The average molecular weight is 265 g/mol. The summed E-state index contributed by atoms with van der Waals surface area (Å²) in [6, 6.07) is 0.0708. The fourth-order valence-corrected chi connectivity index (χ4v) is 2.66. The summed E-state index contributed by atoms with van der Waals surface area (Å²) >= 11 is 0. The van der Waals surface area contributed by atoms with Crippen LogP contribution in [0, 0.1) is 0 Å². The zero-order valence-electron chi connectivity index (χ0n) is 10.3. The number of nitrogens with zero attached hydrogens (tertiary/aromatic N) is 1. The van der Waals surface area contributed by atoms with Crippen molar-refractivity contribution in [1.29, 1.82) is 0 Å². The van der Waals surface area contributed by atoms with E-state index < -0.39 is 16.3 Å². The molecule has 2 N–H and O–H groups in total. The maximum Gasteiger partial charge on any atom is 0.422 e. The Morgan fingerprint density at radius 1 is 1.53 bits per heavy atom. The lowest BCUT2D eigenvalue weighted by Crippen LogP contribution is -2.55. The molecule has 0 radical (unpaired) electrons. The maximum atomic E-state index is 11.8. The predicted octanol–water partition coefficient (Wildman–Crippen LogP) is -0.340. The minimum atomic E-state index is -3.79. The molecule has 0 aromatic carbocycles. The van der Waals surface area contributed by atoms with E-state index in [1.165, 1.54) is 4.31 Å². The minimum absolute atomic E-state index is 0.0708. The fraction of sp³-hybridized carbons (Fsp3) is 0.889. The van der Waals surface area contributed by atoms with Crippen molar-refractivity contribution in [1.82, 2.24) is 14.3 Å². The smallest absolute Gasteiger partial charge is 0.422 e. The summed E-state index contributed by atoms with van der Waals surface area (Å²) in [6.45, 7) is 6.44. The van der Waals surface area contributed by atoms with Gasteiger partial charge in [-0.1, -0.05) is 0 Å². The van der Waals surface area contributed by atoms with Gasteiger partial charge in [0.25, 0.3) is 0 Å². The molecule has 0 saturated carbocycles. The highest BCUT2D eigenvalue weighted by Gasteiger charge is 2.28. The number of nitrogens with one attached hydrogen (secondary N) is 2. The molecule has 0 aliphatic carbocycles. The Morgan fingerprint density at radius 2 is 2.18 bits per heavy atom. The third kappa shape index (κ3) is 4.49. The molecule has 17 heavy (non-hydrogen) atoms. The van der Waals surface area contributed by atoms with Gasteiger partial charge < -0.3 is 10.1 Å². The molecular weight excluding hydrogens is 246 g/mol. The fourth-order valence-electron chi connectivity index (χ4n) is 1.52. The maximum absolute atomic E-state index is 11.8. The number of piperazine rings is 1.